The molecule has 1 aliphatic heterocycles. The van der Waals surface area contributed by atoms with Gasteiger partial charge >= 0.3 is 0 Å². The summed E-state index contributed by atoms with van der Waals surface area (Å²) >= 11 is 0. The van der Waals surface area contributed by atoms with Crippen LogP contribution >= 0.6 is 0 Å². The second-order valence-corrected chi connectivity index (χ2v) is 5.43. The summed E-state index contributed by atoms with van der Waals surface area (Å²) in [5, 5.41) is 7.53. The van der Waals surface area contributed by atoms with Gasteiger partial charge in [-0.3, -0.25) is 0 Å². The zero-order chi connectivity index (χ0) is 11.5. The van der Waals surface area contributed by atoms with Crippen LogP contribution in [0.2, 0.25) is 0 Å². The van der Waals surface area contributed by atoms with Crippen LogP contribution < -0.4 is 5.32 Å². The van der Waals surface area contributed by atoms with Crippen LogP contribution in [0.1, 0.15) is 56.2 Å². The molecule has 2 fully saturated rings. The standard InChI is InChI=1S/C13H21N3O/c1-2-4-10(3-1)9-12-15-13(16-17-12)11-5-7-14-8-6-11/h10-11,14H,1-9H2. The van der Waals surface area contributed by atoms with Crippen LogP contribution in [0.25, 0.3) is 0 Å². The molecule has 0 radical (unpaired) electrons. The van der Waals surface area contributed by atoms with Crippen molar-refractivity contribution in [1.29, 1.82) is 0 Å². The lowest BCUT2D eigenvalue weighted by molar-refractivity contribution is 0.342. The zero-order valence-electron chi connectivity index (χ0n) is 10.3. The molecule has 1 N–H and O–H groups in total. The van der Waals surface area contributed by atoms with E-state index in [1.54, 1.807) is 0 Å². The molecule has 3 rings (SSSR count). The highest BCUT2D eigenvalue weighted by molar-refractivity contribution is 4.98. The third kappa shape index (κ3) is 2.68. The molecule has 2 aliphatic rings. The van der Waals surface area contributed by atoms with E-state index in [1.807, 2.05) is 0 Å². The minimum absolute atomic E-state index is 0.511. The van der Waals surface area contributed by atoms with Gasteiger partial charge in [-0.15, -0.1) is 0 Å². The Hall–Kier alpha value is -0.900. The van der Waals surface area contributed by atoms with E-state index in [2.05, 4.69) is 15.5 Å². The number of hydrogen-bond donors (Lipinski definition) is 1. The first-order chi connectivity index (χ1) is 8.42. The van der Waals surface area contributed by atoms with Crippen molar-refractivity contribution in [3.8, 4) is 0 Å². The normalized spacial score (nSPS) is 23.3. The molecule has 0 unspecified atom stereocenters. The van der Waals surface area contributed by atoms with Crippen LogP contribution in [0.5, 0.6) is 0 Å². The quantitative estimate of drug-likeness (QED) is 0.873. The maximum absolute atomic E-state index is 5.40. The molecule has 1 aromatic heterocycles. The molecular weight excluding hydrogens is 214 g/mol. The summed E-state index contributed by atoms with van der Waals surface area (Å²) in [7, 11) is 0. The van der Waals surface area contributed by atoms with Crippen LogP contribution in [0.3, 0.4) is 0 Å². The molecule has 1 aliphatic carbocycles. The van der Waals surface area contributed by atoms with Gasteiger partial charge in [0.1, 0.15) is 0 Å². The van der Waals surface area contributed by atoms with Crippen LogP contribution in [0.4, 0.5) is 0 Å². The fraction of sp³-hybridized carbons (Fsp3) is 0.846. The zero-order valence-corrected chi connectivity index (χ0v) is 10.3. The van der Waals surface area contributed by atoms with Crippen LogP contribution in [-0.4, -0.2) is 23.2 Å². The maximum Gasteiger partial charge on any atom is 0.226 e. The summed E-state index contributed by atoms with van der Waals surface area (Å²) in [6, 6.07) is 0. The average molecular weight is 235 g/mol. The van der Waals surface area contributed by atoms with Crippen molar-refractivity contribution in [2.75, 3.05) is 13.1 Å². The Morgan fingerprint density at radius 3 is 2.65 bits per heavy atom. The fourth-order valence-corrected chi connectivity index (χ4v) is 3.06. The Kier molecular flexibility index (Phi) is 3.41. The van der Waals surface area contributed by atoms with Gasteiger partial charge in [0.05, 0.1) is 0 Å². The van der Waals surface area contributed by atoms with Gasteiger partial charge in [0, 0.05) is 12.3 Å². The van der Waals surface area contributed by atoms with E-state index >= 15 is 0 Å². The number of rotatable bonds is 3. The van der Waals surface area contributed by atoms with Gasteiger partial charge in [0.15, 0.2) is 5.82 Å². The number of piperidine rings is 1. The Morgan fingerprint density at radius 2 is 1.88 bits per heavy atom. The maximum atomic E-state index is 5.40. The van der Waals surface area contributed by atoms with Crippen LogP contribution in [0.15, 0.2) is 4.52 Å². The number of aromatic nitrogens is 2. The molecule has 17 heavy (non-hydrogen) atoms. The second kappa shape index (κ2) is 5.17. The SMILES string of the molecule is C1CCC(Cc2nc(C3CCNCC3)no2)C1. The Bertz CT molecular complexity index is 351. The number of nitrogens with zero attached hydrogens (tertiary/aromatic N) is 2. The number of hydrogen-bond acceptors (Lipinski definition) is 4. The van der Waals surface area contributed by atoms with E-state index < -0.39 is 0 Å². The van der Waals surface area contributed by atoms with Crippen LogP contribution in [0, 0.1) is 5.92 Å². The first kappa shape index (κ1) is 11.2. The summed E-state index contributed by atoms with van der Waals surface area (Å²) < 4.78 is 5.40. The molecule has 0 bridgehead atoms. The fourth-order valence-electron chi connectivity index (χ4n) is 3.06. The monoisotopic (exact) mass is 235 g/mol. The Labute approximate surface area is 102 Å². The smallest absolute Gasteiger partial charge is 0.226 e. The van der Waals surface area contributed by atoms with E-state index in [1.165, 1.54) is 25.7 Å². The van der Waals surface area contributed by atoms with Crippen molar-refractivity contribution in [2.45, 2.75) is 50.9 Å². The first-order valence-corrected chi connectivity index (χ1v) is 6.95. The lowest BCUT2D eigenvalue weighted by atomic mass is 9.97. The molecule has 94 valence electrons. The first-order valence-electron chi connectivity index (χ1n) is 6.95. The van der Waals surface area contributed by atoms with Crippen molar-refractivity contribution >= 4 is 0 Å². The average Bonchev–Trinajstić information content (AvgIpc) is 3.02. The summed E-state index contributed by atoms with van der Waals surface area (Å²) in [4.78, 5) is 4.59. The van der Waals surface area contributed by atoms with Gasteiger partial charge in [-0.2, -0.15) is 4.98 Å². The van der Waals surface area contributed by atoms with Crippen molar-refractivity contribution < 1.29 is 4.52 Å². The summed E-state index contributed by atoms with van der Waals surface area (Å²) in [5.74, 6) is 3.11. The molecule has 1 saturated heterocycles. The summed E-state index contributed by atoms with van der Waals surface area (Å²) in [6.45, 7) is 2.16. The highest BCUT2D eigenvalue weighted by Gasteiger charge is 2.23. The highest BCUT2D eigenvalue weighted by atomic mass is 16.5. The predicted octanol–water partition coefficient (Wildman–Crippen LogP) is 2.27. The molecule has 1 aromatic rings. The van der Waals surface area contributed by atoms with Crippen LogP contribution in [-0.2, 0) is 6.42 Å². The Balaban J connectivity index is 1.60. The largest absolute Gasteiger partial charge is 0.339 e. The van der Waals surface area contributed by atoms with Gasteiger partial charge in [-0.1, -0.05) is 18.0 Å². The summed E-state index contributed by atoms with van der Waals surface area (Å²) in [6.07, 6.45) is 8.71. The second-order valence-electron chi connectivity index (χ2n) is 5.43. The Morgan fingerprint density at radius 1 is 1.12 bits per heavy atom. The van der Waals surface area contributed by atoms with Gasteiger partial charge in [-0.05, 0) is 44.7 Å². The minimum Gasteiger partial charge on any atom is -0.339 e. The molecule has 0 spiro atoms. The third-order valence-corrected chi connectivity index (χ3v) is 4.13. The lowest BCUT2D eigenvalue weighted by Crippen LogP contribution is -2.27. The molecular formula is C13H21N3O. The van der Waals surface area contributed by atoms with E-state index in [0.717, 1.165) is 50.0 Å². The third-order valence-electron chi connectivity index (χ3n) is 4.13. The summed E-state index contributed by atoms with van der Waals surface area (Å²) in [5.41, 5.74) is 0. The topological polar surface area (TPSA) is 51.0 Å². The van der Waals surface area contributed by atoms with Crippen molar-refractivity contribution in [3.63, 3.8) is 0 Å². The van der Waals surface area contributed by atoms with Gasteiger partial charge < -0.3 is 9.84 Å². The minimum atomic E-state index is 0.511. The molecule has 0 aromatic carbocycles. The van der Waals surface area contributed by atoms with Gasteiger partial charge in [-0.25, -0.2) is 0 Å². The van der Waals surface area contributed by atoms with Crippen molar-refractivity contribution in [3.05, 3.63) is 11.7 Å². The van der Waals surface area contributed by atoms with E-state index in [9.17, 15) is 0 Å². The predicted molar refractivity (Wildman–Crippen MR) is 64.8 cm³/mol. The van der Waals surface area contributed by atoms with Crippen molar-refractivity contribution in [2.24, 2.45) is 5.92 Å². The molecule has 4 heteroatoms. The molecule has 2 heterocycles. The number of nitrogens with one attached hydrogen (secondary N) is 1. The molecule has 0 amide bonds. The van der Waals surface area contributed by atoms with Gasteiger partial charge in [0.2, 0.25) is 5.89 Å². The molecule has 0 atom stereocenters. The van der Waals surface area contributed by atoms with E-state index in [-0.39, 0.29) is 0 Å². The highest BCUT2D eigenvalue weighted by Crippen LogP contribution is 2.28. The van der Waals surface area contributed by atoms with E-state index in [0.29, 0.717) is 5.92 Å². The lowest BCUT2D eigenvalue weighted by Gasteiger charge is -2.18. The van der Waals surface area contributed by atoms with Crippen molar-refractivity contribution in [1.82, 2.24) is 15.5 Å². The van der Waals surface area contributed by atoms with E-state index in [4.69, 9.17) is 4.52 Å². The van der Waals surface area contributed by atoms with Gasteiger partial charge in [0.25, 0.3) is 0 Å². The molecule has 4 nitrogen and oxygen atoms in total. The molecule has 1 saturated carbocycles.